The normalized spacial score (nSPS) is 24.1. The van der Waals surface area contributed by atoms with E-state index in [9.17, 15) is 4.79 Å². The van der Waals surface area contributed by atoms with Gasteiger partial charge in [0.25, 0.3) is 0 Å². The highest BCUT2D eigenvalue weighted by Gasteiger charge is 2.37. The van der Waals surface area contributed by atoms with Crippen LogP contribution in [0.15, 0.2) is 0 Å². The van der Waals surface area contributed by atoms with Crippen LogP contribution in [0.2, 0.25) is 0 Å². The topological polar surface area (TPSA) is 23.6 Å². The summed E-state index contributed by atoms with van der Waals surface area (Å²) in [7, 11) is 0. The van der Waals surface area contributed by atoms with Gasteiger partial charge in [-0.2, -0.15) is 0 Å². The Balaban J connectivity index is 1.75. The maximum atomic E-state index is 12.2. The van der Waals surface area contributed by atoms with Crippen molar-refractivity contribution in [1.29, 1.82) is 0 Å². The summed E-state index contributed by atoms with van der Waals surface area (Å²) in [6.45, 7) is 10.6. The van der Waals surface area contributed by atoms with Gasteiger partial charge in [0.05, 0.1) is 5.92 Å². The number of amides is 1. The quantitative estimate of drug-likeness (QED) is 0.750. The molecule has 0 spiro atoms. The lowest BCUT2D eigenvalue weighted by molar-refractivity contribution is -0.143. The zero-order chi connectivity index (χ0) is 12.4. The van der Waals surface area contributed by atoms with Gasteiger partial charge in [0, 0.05) is 32.2 Å². The SMILES string of the molecule is CCC1CCN(C(=O)C2CN(C(C)C)C2)CC1. The highest BCUT2D eigenvalue weighted by atomic mass is 16.2. The van der Waals surface area contributed by atoms with E-state index in [0.29, 0.717) is 11.9 Å². The van der Waals surface area contributed by atoms with Crippen molar-refractivity contribution in [2.45, 2.75) is 46.1 Å². The van der Waals surface area contributed by atoms with Crippen molar-refractivity contribution in [1.82, 2.24) is 9.80 Å². The molecule has 2 fully saturated rings. The van der Waals surface area contributed by atoms with Crippen molar-refractivity contribution >= 4 is 5.91 Å². The second-order valence-electron chi connectivity index (χ2n) is 5.92. The largest absolute Gasteiger partial charge is 0.342 e. The minimum atomic E-state index is 0.288. The number of carbonyl (C=O) groups is 1. The molecule has 2 aliphatic rings. The standard InChI is InChI=1S/C14H26N2O/c1-4-12-5-7-15(8-6-12)14(17)13-9-16(10-13)11(2)3/h11-13H,4-10H2,1-3H3. The number of likely N-dealkylation sites (tertiary alicyclic amines) is 2. The van der Waals surface area contributed by atoms with E-state index in [1.54, 1.807) is 0 Å². The second kappa shape index (κ2) is 5.38. The molecule has 2 saturated heterocycles. The minimum Gasteiger partial charge on any atom is -0.342 e. The Morgan fingerprint density at radius 1 is 1.24 bits per heavy atom. The maximum absolute atomic E-state index is 12.2. The molecule has 0 N–H and O–H groups in total. The molecule has 2 rings (SSSR count). The molecule has 2 aliphatic heterocycles. The van der Waals surface area contributed by atoms with Crippen molar-refractivity contribution in [2.75, 3.05) is 26.2 Å². The number of piperidine rings is 1. The maximum Gasteiger partial charge on any atom is 0.228 e. The first-order chi connectivity index (χ1) is 8.11. The fourth-order valence-electron chi connectivity index (χ4n) is 2.91. The molecule has 0 atom stereocenters. The molecule has 0 saturated carbocycles. The van der Waals surface area contributed by atoms with Crippen molar-refractivity contribution in [3.63, 3.8) is 0 Å². The highest BCUT2D eigenvalue weighted by molar-refractivity contribution is 5.80. The lowest BCUT2D eigenvalue weighted by atomic mass is 9.91. The third-order valence-electron chi connectivity index (χ3n) is 4.49. The first-order valence-corrected chi connectivity index (χ1v) is 7.14. The summed E-state index contributed by atoms with van der Waals surface area (Å²) in [5.74, 6) is 1.56. The zero-order valence-electron chi connectivity index (χ0n) is 11.5. The first kappa shape index (κ1) is 12.9. The van der Waals surface area contributed by atoms with Crippen molar-refractivity contribution < 1.29 is 4.79 Å². The molecular weight excluding hydrogens is 212 g/mol. The first-order valence-electron chi connectivity index (χ1n) is 7.14. The van der Waals surface area contributed by atoms with Crippen molar-refractivity contribution in [3.05, 3.63) is 0 Å². The van der Waals surface area contributed by atoms with Crippen molar-refractivity contribution in [2.24, 2.45) is 11.8 Å². The van der Waals surface area contributed by atoms with Crippen LogP contribution in [-0.2, 0) is 4.79 Å². The van der Waals surface area contributed by atoms with Gasteiger partial charge in [0.15, 0.2) is 0 Å². The summed E-state index contributed by atoms with van der Waals surface area (Å²) in [5, 5.41) is 0. The summed E-state index contributed by atoms with van der Waals surface area (Å²) >= 11 is 0. The molecule has 17 heavy (non-hydrogen) atoms. The summed E-state index contributed by atoms with van der Waals surface area (Å²) in [6.07, 6.45) is 3.69. The summed E-state index contributed by atoms with van der Waals surface area (Å²) < 4.78 is 0. The minimum absolute atomic E-state index is 0.288. The number of rotatable bonds is 3. The fourth-order valence-corrected chi connectivity index (χ4v) is 2.91. The molecule has 0 unspecified atom stereocenters. The number of nitrogens with zero attached hydrogens (tertiary/aromatic N) is 2. The van der Waals surface area contributed by atoms with Crippen molar-refractivity contribution in [3.8, 4) is 0 Å². The molecule has 0 radical (unpaired) electrons. The molecule has 2 heterocycles. The van der Waals surface area contributed by atoms with Crippen LogP contribution in [0.3, 0.4) is 0 Å². The lowest BCUT2D eigenvalue weighted by Crippen LogP contribution is -2.57. The second-order valence-corrected chi connectivity index (χ2v) is 5.92. The fraction of sp³-hybridized carbons (Fsp3) is 0.929. The highest BCUT2D eigenvalue weighted by Crippen LogP contribution is 2.25. The third-order valence-corrected chi connectivity index (χ3v) is 4.49. The Bertz CT molecular complexity index is 263. The van der Waals surface area contributed by atoms with E-state index in [4.69, 9.17) is 0 Å². The van der Waals surface area contributed by atoms with Gasteiger partial charge < -0.3 is 4.90 Å². The van der Waals surface area contributed by atoms with Gasteiger partial charge in [-0.1, -0.05) is 13.3 Å². The molecule has 0 aromatic carbocycles. The lowest BCUT2D eigenvalue weighted by Gasteiger charge is -2.44. The Morgan fingerprint density at radius 3 is 2.29 bits per heavy atom. The predicted octanol–water partition coefficient (Wildman–Crippen LogP) is 1.98. The number of carbonyl (C=O) groups excluding carboxylic acids is 1. The van der Waals surface area contributed by atoms with Gasteiger partial charge in [0.2, 0.25) is 5.91 Å². The Morgan fingerprint density at radius 2 is 1.82 bits per heavy atom. The van der Waals surface area contributed by atoms with Gasteiger partial charge in [-0.25, -0.2) is 0 Å². The number of hydrogen-bond acceptors (Lipinski definition) is 2. The molecule has 0 aliphatic carbocycles. The summed E-state index contributed by atoms with van der Waals surface area (Å²) in [5.41, 5.74) is 0. The molecular formula is C14H26N2O. The molecule has 0 aromatic heterocycles. The van der Waals surface area contributed by atoms with Gasteiger partial charge in [-0.3, -0.25) is 9.69 Å². The molecule has 3 nitrogen and oxygen atoms in total. The third kappa shape index (κ3) is 2.82. The van der Waals surface area contributed by atoms with Crippen LogP contribution in [0.25, 0.3) is 0 Å². The van der Waals surface area contributed by atoms with E-state index in [1.807, 2.05) is 0 Å². The van der Waals surface area contributed by atoms with E-state index in [1.165, 1.54) is 19.3 Å². The van der Waals surface area contributed by atoms with Crippen LogP contribution in [-0.4, -0.2) is 47.9 Å². The van der Waals surface area contributed by atoms with Crippen LogP contribution in [0.4, 0.5) is 0 Å². The van der Waals surface area contributed by atoms with Gasteiger partial charge in [-0.05, 0) is 32.6 Å². The van der Waals surface area contributed by atoms with Crippen LogP contribution in [0, 0.1) is 11.8 Å². The monoisotopic (exact) mass is 238 g/mol. The Labute approximate surface area is 105 Å². The molecule has 0 bridgehead atoms. The Hall–Kier alpha value is -0.570. The average molecular weight is 238 g/mol. The average Bonchev–Trinajstić information content (AvgIpc) is 2.26. The molecule has 98 valence electrons. The Kier molecular flexibility index (Phi) is 4.08. The summed E-state index contributed by atoms with van der Waals surface area (Å²) in [6, 6.07) is 0.588. The van der Waals surface area contributed by atoms with Gasteiger partial charge in [-0.15, -0.1) is 0 Å². The van der Waals surface area contributed by atoms with Crippen LogP contribution >= 0.6 is 0 Å². The van der Waals surface area contributed by atoms with E-state index >= 15 is 0 Å². The van der Waals surface area contributed by atoms with Gasteiger partial charge >= 0.3 is 0 Å². The van der Waals surface area contributed by atoms with E-state index in [0.717, 1.165) is 32.1 Å². The van der Waals surface area contributed by atoms with Gasteiger partial charge in [0.1, 0.15) is 0 Å². The van der Waals surface area contributed by atoms with Crippen LogP contribution in [0.1, 0.15) is 40.0 Å². The van der Waals surface area contributed by atoms with E-state index in [2.05, 4.69) is 30.6 Å². The summed E-state index contributed by atoms with van der Waals surface area (Å²) in [4.78, 5) is 16.7. The van der Waals surface area contributed by atoms with E-state index < -0.39 is 0 Å². The smallest absolute Gasteiger partial charge is 0.228 e. The van der Waals surface area contributed by atoms with E-state index in [-0.39, 0.29) is 5.92 Å². The predicted molar refractivity (Wildman–Crippen MR) is 69.8 cm³/mol. The zero-order valence-corrected chi connectivity index (χ0v) is 11.5. The molecule has 1 amide bonds. The van der Waals surface area contributed by atoms with Crippen LogP contribution in [0.5, 0.6) is 0 Å². The van der Waals surface area contributed by atoms with Crippen LogP contribution < -0.4 is 0 Å². The molecule has 3 heteroatoms. The number of hydrogen-bond donors (Lipinski definition) is 0. The molecule has 0 aromatic rings.